The van der Waals surface area contributed by atoms with Crippen molar-refractivity contribution in [1.82, 2.24) is 0 Å². The molecule has 0 bridgehead atoms. The van der Waals surface area contributed by atoms with Gasteiger partial charge in [0.25, 0.3) is 0 Å². The minimum absolute atomic E-state index is 0.321. The molecule has 0 aromatic rings. The third-order valence-corrected chi connectivity index (χ3v) is 3.31. The molecule has 0 aliphatic carbocycles. The van der Waals surface area contributed by atoms with Crippen LogP contribution in [0.25, 0.3) is 0 Å². The Kier molecular flexibility index (Phi) is 15.2. The normalized spacial score (nSPS) is 11.7. The summed E-state index contributed by atoms with van der Waals surface area (Å²) < 4.78 is 0. The number of carboxylic acid groups (broad SMARTS) is 1. The van der Waals surface area contributed by atoms with Crippen LogP contribution in [0, 0.1) is 0 Å². The Morgan fingerprint density at radius 3 is 1.80 bits per heavy atom. The smallest absolute Gasteiger partial charge is 0.303 e. The Hall–Kier alpha value is -1.05. The summed E-state index contributed by atoms with van der Waals surface area (Å²) in [7, 11) is 0. The van der Waals surface area contributed by atoms with Gasteiger partial charge in [-0.2, -0.15) is 0 Å². The van der Waals surface area contributed by atoms with Crippen LogP contribution < -0.4 is 0 Å². The molecule has 0 aliphatic heterocycles. The topological polar surface area (TPSA) is 37.3 Å². The molecule has 0 heterocycles. The lowest BCUT2D eigenvalue weighted by molar-refractivity contribution is -0.137. The van der Waals surface area contributed by atoms with Crippen molar-refractivity contribution in [3.05, 3.63) is 24.3 Å². The number of hydrogen-bond donors (Lipinski definition) is 1. The average Bonchev–Trinajstić information content (AvgIpc) is 2.43. The summed E-state index contributed by atoms with van der Waals surface area (Å²) in [5.74, 6) is -0.673. The lowest BCUT2D eigenvalue weighted by Crippen LogP contribution is -1.93. The standard InChI is InChI=1S/C18H32O2/c1-2-3-4-5-6-7-8-9-10-11-12-13-14-15-16-17-18(19)20/h5-6,10-11H,2-4,7-9,12-17H2,1H3,(H,19,20)/b6-5-,11-10+. The average molecular weight is 280 g/mol. The van der Waals surface area contributed by atoms with Crippen molar-refractivity contribution in [2.75, 3.05) is 0 Å². The van der Waals surface area contributed by atoms with Crippen molar-refractivity contribution < 1.29 is 9.90 Å². The van der Waals surface area contributed by atoms with Crippen molar-refractivity contribution >= 4 is 5.97 Å². The van der Waals surface area contributed by atoms with E-state index >= 15 is 0 Å². The predicted octanol–water partition coefficient (Wildman–Crippen LogP) is 5.88. The molecule has 0 saturated heterocycles. The molecular weight excluding hydrogens is 248 g/mol. The van der Waals surface area contributed by atoms with Gasteiger partial charge in [0.1, 0.15) is 0 Å². The molecular formula is C18H32O2. The van der Waals surface area contributed by atoms with Gasteiger partial charge in [-0.3, -0.25) is 4.79 Å². The van der Waals surface area contributed by atoms with E-state index in [4.69, 9.17) is 5.11 Å². The molecule has 0 rings (SSSR count). The van der Waals surface area contributed by atoms with Crippen molar-refractivity contribution in [1.29, 1.82) is 0 Å². The largest absolute Gasteiger partial charge is 0.481 e. The number of unbranched alkanes of at least 4 members (excludes halogenated alkanes) is 8. The molecule has 0 unspecified atom stereocenters. The van der Waals surface area contributed by atoms with Crippen LogP contribution in [0.5, 0.6) is 0 Å². The summed E-state index contributed by atoms with van der Waals surface area (Å²) in [6.45, 7) is 2.23. The second-order valence-corrected chi connectivity index (χ2v) is 5.36. The molecule has 0 aromatic carbocycles. The third kappa shape index (κ3) is 16.9. The molecule has 2 heteroatoms. The highest BCUT2D eigenvalue weighted by atomic mass is 16.4. The van der Waals surface area contributed by atoms with Crippen LogP contribution in [-0.4, -0.2) is 11.1 Å². The second kappa shape index (κ2) is 16.0. The van der Waals surface area contributed by atoms with Gasteiger partial charge in [0.15, 0.2) is 0 Å². The van der Waals surface area contributed by atoms with Crippen molar-refractivity contribution in [3.8, 4) is 0 Å². The van der Waals surface area contributed by atoms with Crippen LogP contribution in [0.15, 0.2) is 24.3 Å². The summed E-state index contributed by atoms with van der Waals surface area (Å²) in [6.07, 6.45) is 22.3. The Labute approximate surface area is 125 Å². The highest BCUT2D eigenvalue weighted by Gasteiger charge is 1.95. The van der Waals surface area contributed by atoms with Gasteiger partial charge in [-0.1, -0.05) is 56.9 Å². The minimum atomic E-state index is -0.673. The fourth-order valence-corrected chi connectivity index (χ4v) is 2.04. The van der Waals surface area contributed by atoms with Gasteiger partial charge in [-0.05, 0) is 44.9 Å². The van der Waals surface area contributed by atoms with Gasteiger partial charge in [0.2, 0.25) is 0 Å². The van der Waals surface area contributed by atoms with E-state index in [1.54, 1.807) is 0 Å². The zero-order valence-corrected chi connectivity index (χ0v) is 13.2. The molecule has 116 valence electrons. The molecule has 0 saturated carbocycles. The van der Waals surface area contributed by atoms with Crippen LogP contribution in [-0.2, 0) is 4.79 Å². The lowest BCUT2D eigenvalue weighted by atomic mass is 10.1. The summed E-state index contributed by atoms with van der Waals surface area (Å²) >= 11 is 0. The summed E-state index contributed by atoms with van der Waals surface area (Å²) in [6, 6.07) is 0. The number of carbonyl (C=O) groups is 1. The molecule has 0 amide bonds. The Balaban J connectivity index is 3.16. The number of hydrogen-bond acceptors (Lipinski definition) is 1. The molecule has 0 aromatic heterocycles. The molecule has 0 radical (unpaired) electrons. The Morgan fingerprint density at radius 2 is 1.25 bits per heavy atom. The van der Waals surface area contributed by atoms with Crippen LogP contribution in [0.2, 0.25) is 0 Å². The first-order valence-corrected chi connectivity index (χ1v) is 8.29. The van der Waals surface area contributed by atoms with Crippen LogP contribution in [0.4, 0.5) is 0 Å². The monoisotopic (exact) mass is 280 g/mol. The molecule has 2 nitrogen and oxygen atoms in total. The Bertz CT molecular complexity index is 267. The van der Waals surface area contributed by atoms with Crippen molar-refractivity contribution in [2.24, 2.45) is 0 Å². The van der Waals surface area contributed by atoms with E-state index < -0.39 is 5.97 Å². The molecule has 0 atom stereocenters. The zero-order chi connectivity index (χ0) is 14.9. The second-order valence-electron chi connectivity index (χ2n) is 5.36. The minimum Gasteiger partial charge on any atom is -0.481 e. The van der Waals surface area contributed by atoms with Crippen LogP contribution in [0.3, 0.4) is 0 Å². The van der Waals surface area contributed by atoms with Crippen LogP contribution in [0.1, 0.15) is 84.0 Å². The summed E-state index contributed by atoms with van der Waals surface area (Å²) in [5, 5.41) is 8.50. The number of allylic oxidation sites excluding steroid dienone is 4. The highest BCUT2D eigenvalue weighted by molar-refractivity contribution is 5.66. The maximum absolute atomic E-state index is 10.3. The van der Waals surface area contributed by atoms with E-state index in [0.717, 1.165) is 25.7 Å². The number of rotatable bonds is 14. The number of carboxylic acids is 1. The van der Waals surface area contributed by atoms with Crippen LogP contribution >= 0.6 is 0 Å². The van der Waals surface area contributed by atoms with Gasteiger partial charge in [-0.25, -0.2) is 0 Å². The van der Waals surface area contributed by atoms with Crippen molar-refractivity contribution in [2.45, 2.75) is 84.0 Å². The first kappa shape index (κ1) is 18.9. The summed E-state index contributed by atoms with van der Waals surface area (Å²) in [4.78, 5) is 10.3. The van der Waals surface area contributed by atoms with Gasteiger partial charge < -0.3 is 5.11 Å². The molecule has 0 fully saturated rings. The maximum Gasteiger partial charge on any atom is 0.303 e. The lowest BCUT2D eigenvalue weighted by Gasteiger charge is -1.97. The van der Waals surface area contributed by atoms with E-state index in [0.29, 0.717) is 6.42 Å². The van der Waals surface area contributed by atoms with Gasteiger partial charge >= 0.3 is 5.97 Å². The quantitative estimate of drug-likeness (QED) is 0.318. The zero-order valence-electron chi connectivity index (χ0n) is 13.2. The Morgan fingerprint density at radius 1 is 0.750 bits per heavy atom. The fraction of sp³-hybridized carbons (Fsp3) is 0.722. The summed E-state index contributed by atoms with van der Waals surface area (Å²) in [5.41, 5.74) is 0. The fourth-order valence-electron chi connectivity index (χ4n) is 2.04. The van der Waals surface area contributed by atoms with E-state index in [1.165, 1.54) is 44.9 Å². The van der Waals surface area contributed by atoms with Gasteiger partial charge in [0, 0.05) is 6.42 Å². The van der Waals surface area contributed by atoms with Gasteiger partial charge in [-0.15, -0.1) is 0 Å². The third-order valence-electron chi connectivity index (χ3n) is 3.31. The van der Waals surface area contributed by atoms with E-state index in [-0.39, 0.29) is 0 Å². The predicted molar refractivity (Wildman–Crippen MR) is 87.0 cm³/mol. The van der Waals surface area contributed by atoms with E-state index in [1.807, 2.05) is 0 Å². The maximum atomic E-state index is 10.3. The SMILES string of the molecule is CCCC/C=C\CCC/C=C/CCCCCCC(=O)O. The van der Waals surface area contributed by atoms with Crippen molar-refractivity contribution in [3.63, 3.8) is 0 Å². The van der Waals surface area contributed by atoms with E-state index in [2.05, 4.69) is 31.2 Å². The molecule has 1 N–H and O–H groups in total. The highest BCUT2D eigenvalue weighted by Crippen LogP contribution is 2.07. The van der Waals surface area contributed by atoms with E-state index in [9.17, 15) is 4.79 Å². The molecule has 0 aliphatic rings. The first-order chi connectivity index (χ1) is 9.77. The molecule has 20 heavy (non-hydrogen) atoms. The first-order valence-electron chi connectivity index (χ1n) is 8.29. The molecule has 0 spiro atoms. The van der Waals surface area contributed by atoms with Gasteiger partial charge in [0.05, 0.1) is 0 Å². The number of aliphatic carboxylic acids is 1.